The fourth-order valence-electron chi connectivity index (χ4n) is 1.28. The molecule has 0 aromatic heterocycles. The Bertz CT molecular complexity index is 450. The van der Waals surface area contributed by atoms with Gasteiger partial charge in [0.15, 0.2) is 0 Å². The van der Waals surface area contributed by atoms with E-state index in [1.165, 1.54) is 0 Å². The van der Waals surface area contributed by atoms with Crippen LogP contribution >= 0.6 is 11.6 Å². The average molecular weight is 208 g/mol. The van der Waals surface area contributed by atoms with Crippen LogP contribution in [0.5, 0.6) is 0 Å². The molecule has 0 atom stereocenters. The molecule has 2 rings (SSSR count). The SMILES string of the molecule is N#Cc1cc2c(cc1Cl)NCC(=O)N2. The summed E-state index contributed by atoms with van der Waals surface area (Å²) in [7, 11) is 0. The number of nitrogens with zero attached hydrogens (tertiary/aromatic N) is 1. The maximum Gasteiger partial charge on any atom is 0.243 e. The summed E-state index contributed by atoms with van der Waals surface area (Å²) >= 11 is 5.82. The number of hydrogen-bond acceptors (Lipinski definition) is 3. The number of nitriles is 1. The summed E-state index contributed by atoms with van der Waals surface area (Å²) in [4.78, 5) is 11.0. The molecule has 1 heterocycles. The summed E-state index contributed by atoms with van der Waals surface area (Å²) < 4.78 is 0. The number of anilines is 2. The van der Waals surface area contributed by atoms with Gasteiger partial charge in [0.1, 0.15) is 6.07 Å². The molecule has 0 saturated heterocycles. The summed E-state index contributed by atoms with van der Waals surface area (Å²) in [5, 5.41) is 14.7. The van der Waals surface area contributed by atoms with Crippen molar-refractivity contribution in [1.29, 1.82) is 5.26 Å². The normalized spacial score (nSPS) is 13.6. The Morgan fingerprint density at radius 2 is 2.21 bits per heavy atom. The van der Waals surface area contributed by atoms with Gasteiger partial charge in [-0.2, -0.15) is 5.26 Å². The Morgan fingerprint density at radius 3 is 2.93 bits per heavy atom. The lowest BCUT2D eigenvalue weighted by Crippen LogP contribution is -2.27. The molecule has 0 spiro atoms. The minimum atomic E-state index is -0.122. The van der Waals surface area contributed by atoms with E-state index in [1.54, 1.807) is 12.1 Å². The number of rotatable bonds is 0. The van der Waals surface area contributed by atoms with Gasteiger partial charge in [0.05, 0.1) is 28.5 Å². The van der Waals surface area contributed by atoms with Gasteiger partial charge >= 0.3 is 0 Å². The van der Waals surface area contributed by atoms with Gasteiger partial charge in [0.25, 0.3) is 0 Å². The molecule has 0 unspecified atom stereocenters. The van der Waals surface area contributed by atoms with Crippen molar-refractivity contribution in [2.75, 3.05) is 17.2 Å². The lowest BCUT2D eigenvalue weighted by atomic mass is 10.1. The van der Waals surface area contributed by atoms with E-state index >= 15 is 0 Å². The van der Waals surface area contributed by atoms with Crippen LogP contribution in [0.3, 0.4) is 0 Å². The molecule has 1 amide bonds. The summed E-state index contributed by atoms with van der Waals surface area (Å²) in [6, 6.07) is 5.14. The topological polar surface area (TPSA) is 64.9 Å². The van der Waals surface area contributed by atoms with E-state index in [1.807, 2.05) is 6.07 Å². The van der Waals surface area contributed by atoms with Crippen LogP contribution in [0.25, 0.3) is 0 Å². The third-order valence-corrected chi connectivity index (χ3v) is 2.25. The Labute approximate surface area is 85.5 Å². The Kier molecular flexibility index (Phi) is 2.02. The van der Waals surface area contributed by atoms with Crippen LogP contribution in [-0.2, 0) is 4.79 Å². The van der Waals surface area contributed by atoms with E-state index in [0.29, 0.717) is 16.3 Å². The van der Waals surface area contributed by atoms with Gasteiger partial charge in [-0.25, -0.2) is 0 Å². The van der Waals surface area contributed by atoms with Crippen molar-refractivity contribution in [2.45, 2.75) is 0 Å². The molecule has 1 aromatic rings. The van der Waals surface area contributed by atoms with Crippen molar-refractivity contribution in [1.82, 2.24) is 0 Å². The molecular weight excluding hydrogens is 202 g/mol. The standard InChI is InChI=1S/C9H6ClN3O/c10-6-2-7-8(1-5(6)3-11)13-9(14)4-12-7/h1-2,12H,4H2,(H,13,14). The molecule has 2 N–H and O–H groups in total. The molecular formula is C9H6ClN3O. The Balaban J connectivity index is 2.52. The van der Waals surface area contributed by atoms with Crippen LogP contribution in [0.4, 0.5) is 11.4 Å². The first-order chi connectivity index (χ1) is 6.70. The Hall–Kier alpha value is -1.73. The second-order valence-corrected chi connectivity index (χ2v) is 3.30. The highest BCUT2D eigenvalue weighted by Gasteiger charge is 2.15. The molecule has 0 aliphatic carbocycles. The monoisotopic (exact) mass is 207 g/mol. The van der Waals surface area contributed by atoms with Gasteiger partial charge in [-0.15, -0.1) is 0 Å². The van der Waals surface area contributed by atoms with Crippen molar-refractivity contribution in [3.63, 3.8) is 0 Å². The predicted octanol–water partition coefficient (Wildman–Crippen LogP) is 1.58. The van der Waals surface area contributed by atoms with E-state index in [2.05, 4.69) is 10.6 Å². The maximum atomic E-state index is 11.0. The van der Waals surface area contributed by atoms with Crippen LogP contribution in [0.15, 0.2) is 12.1 Å². The minimum Gasteiger partial charge on any atom is -0.374 e. The average Bonchev–Trinajstić information content (AvgIpc) is 2.17. The highest BCUT2D eigenvalue weighted by molar-refractivity contribution is 6.32. The number of hydrogen-bond donors (Lipinski definition) is 2. The first-order valence-electron chi connectivity index (χ1n) is 3.98. The van der Waals surface area contributed by atoms with E-state index < -0.39 is 0 Å². The highest BCUT2D eigenvalue weighted by atomic mass is 35.5. The fraction of sp³-hybridized carbons (Fsp3) is 0.111. The number of halogens is 1. The molecule has 0 bridgehead atoms. The summed E-state index contributed by atoms with van der Waals surface area (Å²) in [6.45, 7) is 0.231. The van der Waals surface area contributed by atoms with E-state index in [9.17, 15) is 4.79 Å². The van der Waals surface area contributed by atoms with Gasteiger partial charge in [-0.1, -0.05) is 11.6 Å². The third-order valence-electron chi connectivity index (χ3n) is 1.94. The van der Waals surface area contributed by atoms with Crippen molar-refractivity contribution in [3.05, 3.63) is 22.7 Å². The molecule has 1 aliphatic rings. The van der Waals surface area contributed by atoms with Crippen LogP contribution < -0.4 is 10.6 Å². The minimum absolute atomic E-state index is 0.122. The van der Waals surface area contributed by atoms with E-state index in [-0.39, 0.29) is 12.5 Å². The molecule has 0 fully saturated rings. The largest absolute Gasteiger partial charge is 0.374 e. The first kappa shape index (κ1) is 8.85. The molecule has 1 aromatic carbocycles. The van der Waals surface area contributed by atoms with Crippen LogP contribution in [0, 0.1) is 11.3 Å². The second-order valence-electron chi connectivity index (χ2n) is 2.89. The molecule has 4 nitrogen and oxygen atoms in total. The fourth-order valence-corrected chi connectivity index (χ4v) is 1.48. The van der Waals surface area contributed by atoms with Crippen molar-refractivity contribution < 1.29 is 4.79 Å². The summed E-state index contributed by atoms with van der Waals surface area (Å²) in [5.41, 5.74) is 1.70. The van der Waals surface area contributed by atoms with Gasteiger partial charge in [0.2, 0.25) is 5.91 Å². The van der Waals surface area contributed by atoms with Gasteiger partial charge < -0.3 is 10.6 Å². The maximum absolute atomic E-state index is 11.0. The van der Waals surface area contributed by atoms with Crippen LogP contribution in [-0.4, -0.2) is 12.5 Å². The smallest absolute Gasteiger partial charge is 0.243 e. The molecule has 70 valence electrons. The number of carbonyl (C=O) groups excluding carboxylic acids is 1. The molecule has 14 heavy (non-hydrogen) atoms. The number of benzene rings is 1. The lowest BCUT2D eigenvalue weighted by molar-refractivity contribution is -0.114. The number of nitrogens with one attached hydrogen (secondary N) is 2. The zero-order valence-corrected chi connectivity index (χ0v) is 7.85. The number of carbonyl (C=O) groups is 1. The highest BCUT2D eigenvalue weighted by Crippen LogP contribution is 2.30. The third kappa shape index (κ3) is 1.38. The van der Waals surface area contributed by atoms with Crippen LogP contribution in [0.1, 0.15) is 5.56 Å². The van der Waals surface area contributed by atoms with Crippen molar-refractivity contribution >= 4 is 28.9 Å². The second kappa shape index (κ2) is 3.20. The predicted molar refractivity (Wildman–Crippen MR) is 53.3 cm³/mol. The summed E-state index contributed by atoms with van der Waals surface area (Å²) in [5.74, 6) is -0.122. The quantitative estimate of drug-likeness (QED) is 0.679. The zero-order valence-electron chi connectivity index (χ0n) is 7.10. The first-order valence-corrected chi connectivity index (χ1v) is 4.36. The zero-order chi connectivity index (χ0) is 10.1. The van der Waals surface area contributed by atoms with Crippen LogP contribution in [0.2, 0.25) is 5.02 Å². The van der Waals surface area contributed by atoms with Gasteiger partial charge in [-0.05, 0) is 12.1 Å². The van der Waals surface area contributed by atoms with Gasteiger partial charge in [0, 0.05) is 0 Å². The molecule has 5 heteroatoms. The molecule has 1 aliphatic heterocycles. The number of amides is 1. The van der Waals surface area contributed by atoms with E-state index in [0.717, 1.165) is 5.69 Å². The number of fused-ring (bicyclic) bond motifs is 1. The van der Waals surface area contributed by atoms with Gasteiger partial charge in [-0.3, -0.25) is 4.79 Å². The van der Waals surface area contributed by atoms with Crippen molar-refractivity contribution in [3.8, 4) is 6.07 Å². The van der Waals surface area contributed by atoms with Crippen molar-refractivity contribution in [2.24, 2.45) is 0 Å². The molecule has 0 radical (unpaired) electrons. The lowest BCUT2D eigenvalue weighted by Gasteiger charge is -2.18. The molecule has 0 saturated carbocycles. The Morgan fingerprint density at radius 1 is 1.43 bits per heavy atom. The summed E-state index contributed by atoms with van der Waals surface area (Å²) in [6.07, 6.45) is 0. The van der Waals surface area contributed by atoms with E-state index in [4.69, 9.17) is 16.9 Å².